The largest absolute Gasteiger partial charge is 0.436 e. The van der Waals surface area contributed by atoms with Crippen LogP contribution in [0.4, 0.5) is 0 Å². The molecule has 0 unspecified atom stereocenters. The van der Waals surface area contributed by atoms with Gasteiger partial charge in [-0.3, -0.25) is 9.69 Å². The van der Waals surface area contributed by atoms with E-state index in [1.165, 1.54) is 4.88 Å². The third kappa shape index (κ3) is 3.39. The van der Waals surface area contributed by atoms with E-state index in [1.807, 2.05) is 11.8 Å². The van der Waals surface area contributed by atoms with Gasteiger partial charge in [-0.2, -0.15) is 0 Å². The molecule has 1 aliphatic heterocycles. The summed E-state index contributed by atoms with van der Waals surface area (Å²) >= 11 is 1.79. The van der Waals surface area contributed by atoms with Crippen LogP contribution in [0.15, 0.2) is 21.9 Å². The lowest BCUT2D eigenvalue weighted by molar-refractivity contribution is 0.0727. The van der Waals surface area contributed by atoms with E-state index in [-0.39, 0.29) is 5.91 Å². The van der Waals surface area contributed by atoms with Gasteiger partial charge in [-0.05, 0) is 24.8 Å². The van der Waals surface area contributed by atoms with E-state index < -0.39 is 0 Å². The highest BCUT2D eigenvalue weighted by atomic mass is 32.1. The first-order chi connectivity index (χ1) is 10.6. The Morgan fingerprint density at radius 2 is 2.18 bits per heavy atom. The second-order valence-electron chi connectivity index (χ2n) is 5.65. The van der Waals surface area contributed by atoms with Crippen LogP contribution in [-0.2, 0) is 6.54 Å². The van der Waals surface area contributed by atoms with E-state index in [1.54, 1.807) is 18.3 Å². The molecule has 6 heteroatoms. The smallest absolute Gasteiger partial charge is 0.291 e. The Hall–Kier alpha value is -1.66. The van der Waals surface area contributed by atoms with Gasteiger partial charge in [-0.1, -0.05) is 6.07 Å². The van der Waals surface area contributed by atoms with Crippen LogP contribution >= 0.6 is 11.3 Å². The fraction of sp³-hybridized carbons (Fsp3) is 0.500. The van der Waals surface area contributed by atoms with Gasteiger partial charge in [0.25, 0.3) is 5.91 Å². The maximum absolute atomic E-state index is 12.6. The van der Waals surface area contributed by atoms with E-state index in [2.05, 4.69) is 27.4 Å². The highest BCUT2D eigenvalue weighted by molar-refractivity contribution is 7.09. The summed E-state index contributed by atoms with van der Waals surface area (Å²) in [6.07, 6.45) is 0.989. The van der Waals surface area contributed by atoms with Crippen molar-refractivity contribution in [2.24, 2.45) is 0 Å². The summed E-state index contributed by atoms with van der Waals surface area (Å²) in [4.78, 5) is 22.5. The minimum atomic E-state index is -0.0314. The normalized spacial score (nSPS) is 16.7. The quantitative estimate of drug-likeness (QED) is 0.873. The molecule has 2 aromatic heterocycles. The number of oxazole rings is 1. The number of thiophene rings is 1. The van der Waals surface area contributed by atoms with Gasteiger partial charge in [0.05, 0.1) is 5.69 Å². The summed E-state index contributed by atoms with van der Waals surface area (Å²) in [5.41, 5.74) is 0.683. The number of aryl methyl sites for hydroxylation is 2. The van der Waals surface area contributed by atoms with Crippen molar-refractivity contribution < 1.29 is 9.21 Å². The fourth-order valence-corrected chi connectivity index (χ4v) is 3.57. The summed E-state index contributed by atoms with van der Waals surface area (Å²) in [5, 5.41) is 2.11. The molecule has 118 valence electrons. The van der Waals surface area contributed by atoms with Crippen molar-refractivity contribution in [1.29, 1.82) is 0 Å². The first kappa shape index (κ1) is 15.2. The highest BCUT2D eigenvalue weighted by Crippen LogP contribution is 2.16. The number of rotatable bonds is 3. The van der Waals surface area contributed by atoms with Crippen LogP contribution in [0, 0.1) is 13.8 Å². The average molecular weight is 319 g/mol. The van der Waals surface area contributed by atoms with Gasteiger partial charge >= 0.3 is 0 Å². The maximum atomic E-state index is 12.6. The molecule has 0 saturated carbocycles. The molecular formula is C16H21N3O2S. The van der Waals surface area contributed by atoms with Gasteiger partial charge < -0.3 is 9.32 Å². The van der Waals surface area contributed by atoms with Crippen LogP contribution in [0.25, 0.3) is 0 Å². The molecule has 0 radical (unpaired) electrons. The average Bonchev–Trinajstić information content (AvgIpc) is 3.03. The van der Waals surface area contributed by atoms with Crippen LogP contribution in [0.5, 0.6) is 0 Å². The molecular weight excluding hydrogens is 298 g/mol. The summed E-state index contributed by atoms with van der Waals surface area (Å²) in [6.45, 7) is 8.01. The highest BCUT2D eigenvalue weighted by Gasteiger charge is 2.24. The lowest BCUT2D eigenvalue weighted by Gasteiger charge is -2.21. The molecule has 0 N–H and O–H groups in total. The number of hydrogen-bond acceptors (Lipinski definition) is 5. The van der Waals surface area contributed by atoms with E-state index in [0.717, 1.165) is 39.1 Å². The van der Waals surface area contributed by atoms with Crippen molar-refractivity contribution in [1.82, 2.24) is 14.8 Å². The third-order valence-electron chi connectivity index (χ3n) is 3.93. The predicted octanol–water partition coefficient (Wildman–Crippen LogP) is 2.70. The molecule has 3 rings (SSSR count). The molecule has 0 aromatic carbocycles. The topological polar surface area (TPSA) is 49.6 Å². The van der Waals surface area contributed by atoms with Crippen LogP contribution < -0.4 is 0 Å². The van der Waals surface area contributed by atoms with Gasteiger partial charge in [0.15, 0.2) is 5.89 Å². The second-order valence-corrected chi connectivity index (χ2v) is 6.68. The van der Waals surface area contributed by atoms with Crippen molar-refractivity contribution >= 4 is 17.2 Å². The van der Waals surface area contributed by atoms with E-state index in [4.69, 9.17) is 4.42 Å². The molecule has 0 bridgehead atoms. The Morgan fingerprint density at radius 3 is 2.86 bits per heavy atom. The summed E-state index contributed by atoms with van der Waals surface area (Å²) in [6, 6.07) is 4.25. The standard InChI is InChI=1S/C16H21N3O2S/c1-12-15(21-13(2)17-12)16(20)19-7-4-6-18(8-9-19)11-14-5-3-10-22-14/h3,5,10H,4,6-9,11H2,1-2H3. The Labute approximate surface area is 134 Å². The van der Waals surface area contributed by atoms with Crippen molar-refractivity contribution in [3.05, 3.63) is 39.7 Å². The zero-order chi connectivity index (χ0) is 15.5. The first-order valence-electron chi connectivity index (χ1n) is 7.61. The number of amides is 1. The molecule has 5 nitrogen and oxygen atoms in total. The maximum Gasteiger partial charge on any atom is 0.291 e. The molecule has 1 fully saturated rings. The third-order valence-corrected chi connectivity index (χ3v) is 4.79. The molecule has 1 amide bonds. The molecule has 3 heterocycles. The SMILES string of the molecule is Cc1nc(C)c(C(=O)N2CCCN(Cc3cccs3)CC2)o1. The van der Waals surface area contributed by atoms with Crippen molar-refractivity contribution in [2.45, 2.75) is 26.8 Å². The number of carbonyl (C=O) groups excluding carboxylic acids is 1. The zero-order valence-corrected chi connectivity index (χ0v) is 13.9. The number of carbonyl (C=O) groups is 1. The van der Waals surface area contributed by atoms with Crippen molar-refractivity contribution in [2.75, 3.05) is 26.2 Å². The molecule has 0 aliphatic carbocycles. The monoisotopic (exact) mass is 319 g/mol. The Bertz CT molecular complexity index is 636. The minimum Gasteiger partial charge on any atom is -0.436 e. The van der Waals surface area contributed by atoms with Crippen LogP contribution in [0.2, 0.25) is 0 Å². The lowest BCUT2D eigenvalue weighted by Crippen LogP contribution is -2.35. The number of nitrogens with zero attached hydrogens (tertiary/aromatic N) is 3. The molecule has 1 aliphatic rings. The molecule has 2 aromatic rings. The summed E-state index contributed by atoms with van der Waals surface area (Å²) < 4.78 is 5.47. The zero-order valence-electron chi connectivity index (χ0n) is 13.0. The van der Waals surface area contributed by atoms with E-state index >= 15 is 0 Å². The van der Waals surface area contributed by atoms with Gasteiger partial charge in [0, 0.05) is 44.5 Å². The van der Waals surface area contributed by atoms with E-state index in [0.29, 0.717) is 17.3 Å². The van der Waals surface area contributed by atoms with Gasteiger partial charge in [-0.25, -0.2) is 4.98 Å². The van der Waals surface area contributed by atoms with Crippen molar-refractivity contribution in [3.63, 3.8) is 0 Å². The molecule has 1 saturated heterocycles. The molecule has 0 spiro atoms. The van der Waals surface area contributed by atoms with Crippen LogP contribution in [0.1, 0.15) is 33.4 Å². The minimum absolute atomic E-state index is 0.0314. The van der Waals surface area contributed by atoms with E-state index in [9.17, 15) is 4.79 Å². The number of hydrogen-bond donors (Lipinski definition) is 0. The molecule has 0 atom stereocenters. The predicted molar refractivity (Wildman–Crippen MR) is 86.1 cm³/mol. The Kier molecular flexibility index (Phi) is 4.59. The van der Waals surface area contributed by atoms with Gasteiger partial charge in [0.2, 0.25) is 5.76 Å². The Morgan fingerprint density at radius 1 is 1.32 bits per heavy atom. The van der Waals surface area contributed by atoms with Crippen molar-refractivity contribution in [3.8, 4) is 0 Å². The Balaban J connectivity index is 1.62. The first-order valence-corrected chi connectivity index (χ1v) is 8.49. The number of aromatic nitrogens is 1. The lowest BCUT2D eigenvalue weighted by atomic mass is 10.3. The molecule has 22 heavy (non-hydrogen) atoms. The van der Waals surface area contributed by atoms with Gasteiger partial charge in [0.1, 0.15) is 0 Å². The van der Waals surface area contributed by atoms with Crippen LogP contribution in [0.3, 0.4) is 0 Å². The fourth-order valence-electron chi connectivity index (χ4n) is 2.83. The second kappa shape index (κ2) is 6.62. The summed E-state index contributed by atoms with van der Waals surface area (Å²) in [5.74, 6) is 0.912. The van der Waals surface area contributed by atoms with Gasteiger partial charge in [-0.15, -0.1) is 11.3 Å². The summed E-state index contributed by atoms with van der Waals surface area (Å²) in [7, 11) is 0. The van der Waals surface area contributed by atoms with Crippen LogP contribution in [-0.4, -0.2) is 46.9 Å².